The molecule has 1 unspecified atom stereocenters. The molecule has 13 heteroatoms. The van der Waals surface area contributed by atoms with Gasteiger partial charge in [0.2, 0.25) is 31.8 Å². The second-order valence-corrected chi connectivity index (χ2v) is 11.3. The van der Waals surface area contributed by atoms with E-state index in [9.17, 15) is 21.6 Å². The van der Waals surface area contributed by atoms with Gasteiger partial charge in [0, 0.05) is 32.7 Å². The fourth-order valence-electron chi connectivity index (χ4n) is 3.04. The molecule has 2 aromatic rings. The van der Waals surface area contributed by atoms with Gasteiger partial charge in [-0.15, -0.1) is 5.10 Å². The van der Waals surface area contributed by atoms with Crippen molar-refractivity contribution in [3.8, 4) is 11.5 Å². The fourth-order valence-corrected chi connectivity index (χ4v) is 4.85. The number of anilines is 1. The van der Waals surface area contributed by atoms with Crippen LogP contribution < -0.4 is 5.32 Å². The third kappa shape index (κ3) is 4.86. The molecule has 2 heterocycles. The van der Waals surface area contributed by atoms with Gasteiger partial charge in [0.05, 0.1) is 17.1 Å². The lowest BCUT2D eigenvalue weighted by Crippen LogP contribution is -2.43. The van der Waals surface area contributed by atoms with Crippen molar-refractivity contribution < 1.29 is 26.0 Å². The van der Waals surface area contributed by atoms with Crippen molar-refractivity contribution in [2.45, 2.75) is 17.7 Å². The maximum absolute atomic E-state index is 12.5. The molecule has 1 amide bonds. The van der Waals surface area contributed by atoms with Crippen LogP contribution >= 0.6 is 0 Å². The fraction of sp³-hybridized carbons (Fsp3) is 0.471. The van der Waals surface area contributed by atoms with E-state index in [-0.39, 0.29) is 23.3 Å². The first-order valence-electron chi connectivity index (χ1n) is 9.11. The smallest absolute Gasteiger partial charge is 0.322 e. The number of carbonyl (C=O) groups is 1. The Balaban J connectivity index is 1.69. The highest BCUT2D eigenvalue weighted by Crippen LogP contribution is 2.24. The maximum Gasteiger partial charge on any atom is 0.322 e. The van der Waals surface area contributed by atoms with E-state index in [2.05, 4.69) is 15.5 Å². The predicted octanol–water partition coefficient (Wildman–Crippen LogP) is 0.597. The standard InChI is InChI=1S/C17H23N5O6S2/c1-21(2)30(26,27)14-8-6-12(7-9-14)16-19-20-17(28-16)18-15(23)13-5-4-10-22(11-13)29(3,24)25/h6-9,13H,4-5,10-11H2,1-3H3,(H,18,20,23). The Morgan fingerprint density at radius 1 is 1.17 bits per heavy atom. The number of benzene rings is 1. The summed E-state index contributed by atoms with van der Waals surface area (Å²) in [6.07, 6.45) is 2.26. The van der Waals surface area contributed by atoms with Gasteiger partial charge in [-0.3, -0.25) is 10.1 Å². The van der Waals surface area contributed by atoms with E-state index in [0.717, 1.165) is 10.6 Å². The summed E-state index contributed by atoms with van der Waals surface area (Å²) in [5.74, 6) is -0.800. The van der Waals surface area contributed by atoms with E-state index in [1.54, 1.807) is 0 Å². The molecule has 3 rings (SSSR count). The summed E-state index contributed by atoms with van der Waals surface area (Å²) in [6, 6.07) is 5.79. The number of sulfonamides is 2. The Bertz CT molecular complexity index is 1130. The number of carbonyl (C=O) groups excluding carboxylic acids is 1. The first kappa shape index (κ1) is 22.3. The SMILES string of the molecule is CN(C)S(=O)(=O)c1ccc(-c2nnc(NC(=O)C3CCCN(S(C)(=O)=O)C3)o2)cc1. The molecule has 1 fully saturated rings. The second-order valence-electron chi connectivity index (χ2n) is 7.17. The molecule has 11 nitrogen and oxygen atoms in total. The first-order chi connectivity index (χ1) is 14.0. The normalized spacial score (nSPS) is 18.5. The number of hydrogen-bond acceptors (Lipinski definition) is 8. The van der Waals surface area contributed by atoms with Gasteiger partial charge in [-0.2, -0.15) is 0 Å². The van der Waals surface area contributed by atoms with Crippen LogP contribution in [-0.2, 0) is 24.8 Å². The number of amides is 1. The number of nitrogens with one attached hydrogen (secondary N) is 1. The lowest BCUT2D eigenvalue weighted by molar-refractivity contribution is -0.121. The van der Waals surface area contributed by atoms with E-state index < -0.39 is 31.9 Å². The molecule has 0 radical (unpaired) electrons. The summed E-state index contributed by atoms with van der Waals surface area (Å²) in [4.78, 5) is 12.6. The zero-order chi connectivity index (χ0) is 22.1. The van der Waals surface area contributed by atoms with Crippen LogP contribution in [-0.4, -0.2) is 75.0 Å². The topological polar surface area (TPSA) is 143 Å². The molecular weight excluding hydrogens is 434 g/mol. The molecule has 1 aliphatic heterocycles. The van der Waals surface area contributed by atoms with Crippen LogP contribution in [0.25, 0.3) is 11.5 Å². The summed E-state index contributed by atoms with van der Waals surface area (Å²) in [6.45, 7) is 0.500. The Morgan fingerprint density at radius 2 is 1.83 bits per heavy atom. The summed E-state index contributed by atoms with van der Waals surface area (Å²) >= 11 is 0. The molecule has 1 aromatic carbocycles. The van der Waals surface area contributed by atoms with E-state index in [0.29, 0.717) is 24.9 Å². The minimum atomic E-state index is -3.55. The average Bonchev–Trinajstić information content (AvgIpc) is 3.16. The monoisotopic (exact) mass is 457 g/mol. The molecule has 1 saturated heterocycles. The Kier molecular flexibility index (Phi) is 6.26. The molecule has 164 valence electrons. The van der Waals surface area contributed by atoms with Crippen molar-refractivity contribution >= 4 is 32.0 Å². The molecule has 30 heavy (non-hydrogen) atoms. The highest BCUT2D eigenvalue weighted by atomic mass is 32.2. The van der Waals surface area contributed by atoms with Gasteiger partial charge >= 0.3 is 6.01 Å². The number of hydrogen-bond donors (Lipinski definition) is 1. The molecular formula is C17H23N5O6S2. The number of nitrogens with zero attached hydrogens (tertiary/aromatic N) is 4. The van der Waals surface area contributed by atoms with E-state index in [1.807, 2.05) is 0 Å². The largest absolute Gasteiger partial charge is 0.403 e. The van der Waals surface area contributed by atoms with Crippen LogP contribution in [0.15, 0.2) is 33.6 Å². The van der Waals surface area contributed by atoms with Crippen molar-refractivity contribution in [3.05, 3.63) is 24.3 Å². The number of aromatic nitrogens is 2. The van der Waals surface area contributed by atoms with Crippen molar-refractivity contribution in [2.75, 3.05) is 38.8 Å². The zero-order valence-corrected chi connectivity index (χ0v) is 18.4. The average molecular weight is 458 g/mol. The van der Waals surface area contributed by atoms with Gasteiger partial charge < -0.3 is 4.42 Å². The minimum absolute atomic E-state index is 0.105. The van der Waals surface area contributed by atoms with Crippen LogP contribution in [0.3, 0.4) is 0 Å². The summed E-state index contributed by atoms with van der Waals surface area (Å²) in [5.41, 5.74) is 0.488. The summed E-state index contributed by atoms with van der Waals surface area (Å²) in [5, 5.41) is 10.2. The molecule has 0 bridgehead atoms. The van der Waals surface area contributed by atoms with Gasteiger partial charge in [-0.1, -0.05) is 5.10 Å². The zero-order valence-electron chi connectivity index (χ0n) is 16.8. The molecule has 1 aromatic heterocycles. The lowest BCUT2D eigenvalue weighted by Gasteiger charge is -2.29. The second kappa shape index (κ2) is 8.41. The van der Waals surface area contributed by atoms with Crippen LogP contribution in [0, 0.1) is 5.92 Å². The van der Waals surface area contributed by atoms with Crippen molar-refractivity contribution in [1.82, 2.24) is 18.8 Å². The molecule has 1 atom stereocenters. The third-order valence-electron chi connectivity index (χ3n) is 4.76. The van der Waals surface area contributed by atoms with E-state index in [1.165, 1.54) is 42.7 Å². The highest BCUT2D eigenvalue weighted by Gasteiger charge is 2.31. The summed E-state index contributed by atoms with van der Waals surface area (Å²) in [7, 11) is -4.03. The molecule has 1 aliphatic rings. The molecule has 1 N–H and O–H groups in total. The van der Waals surface area contributed by atoms with Gasteiger partial charge in [0.25, 0.3) is 0 Å². The van der Waals surface area contributed by atoms with Crippen LogP contribution in [0.5, 0.6) is 0 Å². The number of piperidine rings is 1. The first-order valence-corrected chi connectivity index (χ1v) is 12.4. The Hall–Kier alpha value is -2.35. The Morgan fingerprint density at radius 3 is 2.43 bits per heavy atom. The van der Waals surface area contributed by atoms with Crippen molar-refractivity contribution in [2.24, 2.45) is 5.92 Å². The van der Waals surface area contributed by atoms with Crippen molar-refractivity contribution in [3.63, 3.8) is 0 Å². The Labute approximate surface area is 175 Å². The van der Waals surface area contributed by atoms with E-state index >= 15 is 0 Å². The van der Waals surface area contributed by atoms with Crippen LogP contribution in [0.1, 0.15) is 12.8 Å². The van der Waals surface area contributed by atoms with Gasteiger partial charge in [-0.05, 0) is 37.1 Å². The molecule has 0 aliphatic carbocycles. The van der Waals surface area contributed by atoms with Crippen molar-refractivity contribution in [1.29, 1.82) is 0 Å². The molecule has 0 spiro atoms. The summed E-state index contributed by atoms with van der Waals surface area (Å²) < 4.78 is 55.5. The predicted molar refractivity (Wildman–Crippen MR) is 108 cm³/mol. The van der Waals surface area contributed by atoms with E-state index in [4.69, 9.17) is 4.42 Å². The van der Waals surface area contributed by atoms with Gasteiger partial charge in [0.1, 0.15) is 0 Å². The third-order valence-corrected chi connectivity index (χ3v) is 7.86. The van der Waals surface area contributed by atoms with Gasteiger partial charge in [-0.25, -0.2) is 25.4 Å². The van der Waals surface area contributed by atoms with Gasteiger partial charge in [0.15, 0.2) is 0 Å². The maximum atomic E-state index is 12.5. The minimum Gasteiger partial charge on any atom is -0.403 e. The highest BCUT2D eigenvalue weighted by molar-refractivity contribution is 7.89. The van der Waals surface area contributed by atoms with Crippen LogP contribution in [0.4, 0.5) is 6.01 Å². The molecule has 0 saturated carbocycles. The van der Waals surface area contributed by atoms with Crippen LogP contribution in [0.2, 0.25) is 0 Å². The quantitative estimate of drug-likeness (QED) is 0.664. The number of rotatable bonds is 6. The lowest BCUT2D eigenvalue weighted by atomic mass is 9.99.